The Morgan fingerprint density at radius 3 is 3.15 bits per heavy atom. The molecular weight excluding hydrogens is 174 g/mol. The summed E-state index contributed by atoms with van der Waals surface area (Å²) in [5, 5.41) is 20.9. The average Bonchev–Trinajstić information content (AvgIpc) is 2.48. The van der Waals surface area contributed by atoms with Gasteiger partial charge in [-0.15, -0.1) is 0 Å². The smallest absolute Gasteiger partial charge is 0.237 e. The number of aliphatic hydroxyl groups excluding tert-OH is 1. The summed E-state index contributed by atoms with van der Waals surface area (Å²) in [7, 11) is 0. The average molecular weight is 185 g/mol. The molecule has 1 amide bonds. The third-order valence-corrected chi connectivity index (χ3v) is 1.55. The summed E-state index contributed by atoms with van der Waals surface area (Å²) in [6.07, 6.45) is -0.524. The van der Waals surface area contributed by atoms with Gasteiger partial charge >= 0.3 is 0 Å². The molecule has 6 heteroatoms. The molecule has 6 nitrogen and oxygen atoms in total. The maximum atomic E-state index is 11.0. The topological polar surface area (TPSA) is 85.6 Å². The molecule has 0 unspecified atom stereocenters. The van der Waals surface area contributed by atoms with Crippen molar-refractivity contribution in [3.63, 3.8) is 0 Å². The van der Waals surface area contributed by atoms with Crippen molar-refractivity contribution in [2.45, 2.75) is 6.10 Å². The normalized spacial score (nSPS) is 22.6. The molecule has 1 saturated heterocycles. The van der Waals surface area contributed by atoms with E-state index in [-0.39, 0.29) is 25.6 Å². The van der Waals surface area contributed by atoms with Crippen LogP contribution in [-0.2, 0) is 9.63 Å². The van der Waals surface area contributed by atoms with E-state index >= 15 is 0 Å². The summed E-state index contributed by atoms with van der Waals surface area (Å²) in [6.45, 7) is 0.611. The Bertz CT molecular complexity index is 226. The number of hydrogen-bond donors (Lipinski definition) is 2. The number of hydroxylamine groups is 2. The van der Waals surface area contributed by atoms with Crippen molar-refractivity contribution in [3.05, 3.63) is 0 Å². The van der Waals surface area contributed by atoms with E-state index in [1.54, 1.807) is 6.07 Å². The van der Waals surface area contributed by atoms with Gasteiger partial charge in [-0.3, -0.25) is 9.63 Å². The molecule has 1 rings (SSSR count). The fraction of sp³-hybridized carbons (Fsp3) is 0.714. The summed E-state index contributed by atoms with van der Waals surface area (Å²) in [5.41, 5.74) is 0. The molecule has 1 aliphatic heterocycles. The van der Waals surface area contributed by atoms with Crippen molar-refractivity contribution < 1.29 is 14.7 Å². The van der Waals surface area contributed by atoms with Gasteiger partial charge in [0.05, 0.1) is 25.3 Å². The zero-order valence-corrected chi connectivity index (χ0v) is 7.06. The Morgan fingerprint density at radius 1 is 1.85 bits per heavy atom. The summed E-state index contributed by atoms with van der Waals surface area (Å²) < 4.78 is 0. The number of carbonyl (C=O) groups excluding carboxylic acids is 1. The highest BCUT2D eigenvalue weighted by atomic mass is 16.7. The number of rotatable bonds is 3. The van der Waals surface area contributed by atoms with E-state index < -0.39 is 6.10 Å². The van der Waals surface area contributed by atoms with Gasteiger partial charge in [-0.25, -0.2) is 0 Å². The molecule has 0 bridgehead atoms. The quantitative estimate of drug-likeness (QED) is 0.508. The summed E-state index contributed by atoms with van der Waals surface area (Å²) >= 11 is 0. The SMILES string of the molecule is N#CCNC(=O)CN1C[C@@H](O)CO1. The molecule has 0 aromatic heterocycles. The monoisotopic (exact) mass is 185 g/mol. The van der Waals surface area contributed by atoms with Gasteiger partial charge in [0.25, 0.3) is 0 Å². The van der Waals surface area contributed by atoms with Gasteiger partial charge in [-0.05, 0) is 0 Å². The Balaban J connectivity index is 2.18. The van der Waals surface area contributed by atoms with Crippen LogP contribution in [0, 0.1) is 11.3 Å². The second-order valence-corrected chi connectivity index (χ2v) is 2.71. The van der Waals surface area contributed by atoms with Crippen LogP contribution in [-0.4, -0.2) is 48.4 Å². The molecule has 0 aromatic rings. The first-order valence-corrected chi connectivity index (χ1v) is 3.92. The van der Waals surface area contributed by atoms with Gasteiger partial charge in [0.1, 0.15) is 13.1 Å². The second kappa shape index (κ2) is 4.77. The van der Waals surface area contributed by atoms with Crippen molar-refractivity contribution in [3.8, 4) is 6.07 Å². The zero-order valence-electron chi connectivity index (χ0n) is 7.06. The lowest BCUT2D eigenvalue weighted by Crippen LogP contribution is -2.35. The number of nitriles is 1. The number of carbonyl (C=O) groups is 1. The summed E-state index contributed by atoms with van der Waals surface area (Å²) in [4.78, 5) is 16.0. The van der Waals surface area contributed by atoms with Crippen LogP contribution in [0.5, 0.6) is 0 Å². The zero-order chi connectivity index (χ0) is 9.68. The van der Waals surface area contributed by atoms with Crippen LogP contribution in [0.4, 0.5) is 0 Å². The Labute approximate surface area is 75.6 Å². The van der Waals surface area contributed by atoms with Crippen LogP contribution < -0.4 is 5.32 Å². The van der Waals surface area contributed by atoms with Crippen LogP contribution in [0.1, 0.15) is 0 Å². The minimum absolute atomic E-state index is 0.00474. The summed E-state index contributed by atoms with van der Waals surface area (Å²) in [6, 6.07) is 1.79. The standard InChI is InChI=1S/C7H11N3O3/c8-1-2-9-7(12)4-10-3-6(11)5-13-10/h6,11H,2-5H2,(H,9,12)/t6-/m1/s1. The molecule has 1 heterocycles. The Hall–Kier alpha value is -1.16. The molecule has 0 aromatic carbocycles. The number of amides is 1. The van der Waals surface area contributed by atoms with Crippen LogP contribution in [0.15, 0.2) is 0 Å². The fourth-order valence-corrected chi connectivity index (χ4v) is 0.996. The second-order valence-electron chi connectivity index (χ2n) is 2.71. The number of nitrogens with zero attached hydrogens (tertiary/aromatic N) is 2. The lowest BCUT2D eigenvalue weighted by atomic mass is 10.4. The van der Waals surface area contributed by atoms with E-state index in [2.05, 4.69) is 5.32 Å². The minimum atomic E-state index is -0.524. The third-order valence-electron chi connectivity index (χ3n) is 1.55. The van der Waals surface area contributed by atoms with Crippen LogP contribution in [0.2, 0.25) is 0 Å². The largest absolute Gasteiger partial charge is 0.389 e. The van der Waals surface area contributed by atoms with Crippen LogP contribution >= 0.6 is 0 Å². The van der Waals surface area contributed by atoms with Gasteiger partial charge in [-0.2, -0.15) is 10.3 Å². The molecular formula is C7H11N3O3. The highest BCUT2D eigenvalue weighted by Gasteiger charge is 2.22. The van der Waals surface area contributed by atoms with E-state index in [1.165, 1.54) is 5.06 Å². The minimum Gasteiger partial charge on any atom is -0.389 e. The van der Waals surface area contributed by atoms with Crippen molar-refractivity contribution in [1.82, 2.24) is 10.4 Å². The van der Waals surface area contributed by atoms with Crippen LogP contribution in [0.3, 0.4) is 0 Å². The predicted octanol–water partition coefficient (Wildman–Crippen LogP) is -1.77. The molecule has 0 spiro atoms. The van der Waals surface area contributed by atoms with Crippen molar-refractivity contribution in [1.29, 1.82) is 5.26 Å². The lowest BCUT2D eigenvalue weighted by Gasteiger charge is -2.11. The van der Waals surface area contributed by atoms with E-state index in [1.807, 2.05) is 0 Å². The Morgan fingerprint density at radius 2 is 2.62 bits per heavy atom. The highest BCUT2D eigenvalue weighted by molar-refractivity contribution is 5.78. The van der Waals surface area contributed by atoms with Gasteiger partial charge < -0.3 is 10.4 Å². The van der Waals surface area contributed by atoms with E-state index in [4.69, 9.17) is 15.2 Å². The molecule has 2 N–H and O–H groups in total. The van der Waals surface area contributed by atoms with Gasteiger partial charge in [0.2, 0.25) is 5.91 Å². The van der Waals surface area contributed by atoms with Crippen LogP contribution in [0.25, 0.3) is 0 Å². The number of β-amino-alcohol motifs (C(OH)–C–C–N with tert-alkyl or cyclic N) is 1. The first-order chi connectivity index (χ1) is 6.22. The fourth-order valence-electron chi connectivity index (χ4n) is 0.996. The predicted molar refractivity (Wildman–Crippen MR) is 42.2 cm³/mol. The number of aliphatic hydroxyl groups is 1. The van der Waals surface area contributed by atoms with Gasteiger partial charge in [0, 0.05) is 0 Å². The number of nitrogens with one attached hydrogen (secondary N) is 1. The first-order valence-electron chi connectivity index (χ1n) is 3.92. The Kier molecular flexibility index (Phi) is 3.64. The lowest BCUT2D eigenvalue weighted by molar-refractivity contribution is -0.142. The van der Waals surface area contributed by atoms with E-state index in [9.17, 15) is 4.79 Å². The number of hydrogen-bond acceptors (Lipinski definition) is 5. The van der Waals surface area contributed by atoms with Crippen molar-refractivity contribution in [2.24, 2.45) is 0 Å². The maximum absolute atomic E-state index is 11.0. The molecule has 13 heavy (non-hydrogen) atoms. The van der Waals surface area contributed by atoms with Crippen molar-refractivity contribution in [2.75, 3.05) is 26.2 Å². The molecule has 0 aliphatic carbocycles. The third kappa shape index (κ3) is 3.38. The van der Waals surface area contributed by atoms with E-state index in [0.29, 0.717) is 6.54 Å². The molecule has 0 radical (unpaired) electrons. The molecule has 1 aliphatic rings. The first kappa shape index (κ1) is 9.92. The van der Waals surface area contributed by atoms with Crippen molar-refractivity contribution >= 4 is 5.91 Å². The molecule has 1 atom stereocenters. The van der Waals surface area contributed by atoms with Gasteiger partial charge in [0.15, 0.2) is 0 Å². The molecule has 1 fully saturated rings. The van der Waals surface area contributed by atoms with E-state index in [0.717, 1.165) is 0 Å². The molecule has 0 saturated carbocycles. The molecule has 72 valence electrons. The highest BCUT2D eigenvalue weighted by Crippen LogP contribution is 2.03. The maximum Gasteiger partial charge on any atom is 0.237 e. The summed E-state index contributed by atoms with van der Waals surface area (Å²) in [5.74, 6) is -0.282. The van der Waals surface area contributed by atoms with Gasteiger partial charge in [-0.1, -0.05) is 0 Å².